The standard InChI is InChI=1S/C26H26NSi2/c1-5-13-21(14-6-1)25(22-15-7-2-8-16-22)28-27-29-26(23-17-9-3-10-18-23)24-19-11-4-12-20-24/h1-20,25-26H,28-29H2. The summed E-state index contributed by atoms with van der Waals surface area (Å²) in [6.07, 6.45) is 0. The van der Waals surface area contributed by atoms with E-state index in [1.54, 1.807) is 0 Å². The lowest BCUT2D eigenvalue weighted by Crippen LogP contribution is -2.28. The van der Waals surface area contributed by atoms with Crippen molar-refractivity contribution in [2.24, 2.45) is 0 Å². The van der Waals surface area contributed by atoms with Crippen molar-refractivity contribution < 1.29 is 0 Å². The van der Waals surface area contributed by atoms with Gasteiger partial charge >= 0.3 is 0 Å². The highest BCUT2D eigenvalue weighted by Crippen LogP contribution is 2.25. The van der Waals surface area contributed by atoms with E-state index in [0.29, 0.717) is 11.1 Å². The van der Waals surface area contributed by atoms with E-state index in [0.717, 1.165) is 0 Å². The Bertz CT molecular complexity index is 814. The van der Waals surface area contributed by atoms with Gasteiger partial charge in [-0.05, 0) is 22.3 Å². The predicted molar refractivity (Wildman–Crippen MR) is 129 cm³/mol. The zero-order valence-corrected chi connectivity index (χ0v) is 19.4. The van der Waals surface area contributed by atoms with Crippen LogP contribution in [0.15, 0.2) is 121 Å². The average Bonchev–Trinajstić information content (AvgIpc) is 2.81. The third-order valence-corrected chi connectivity index (χ3v) is 10.1. The third kappa shape index (κ3) is 5.21. The van der Waals surface area contributed by atoms with Crippen LogP contribution in [-0.4, -0.2) is 19.4 Å². The fraction of sp³-hybridized carbons (Fsp3) is 0.0769. The fourth-order valence-electron chi connectivity index (χ4n) is 3.88. The van der Waals surface area contributed by atoms with Gasteiger partial charge in [-0.15, -0.1) is 0 Å². The Labute approximate surface area is 178 Å². The highest BCUT2D eigenvalue weighted by Gasteiger charge is 2.18. The molecule has 1 nitrogen and oxygen atoms in total. The van der Waals surface area contributed by atoms with Gasteiger partial charge in [0.1, 0.15) is 19.4 Å². The Morgan fingerprint density at radius 1 is 0.379 bits per heavy atom. The van der Waals surface area contributed by atoms with Crippen molar-refractivity contribution in [3.05, 3.63) is 144 Å². The van der Waals surface area contributed by atoms with Gasteiger partial charge in [0.25, 0.3) is 0 Å². The molecule has 0 saturated heterocycles. The molecule has 0 spiro atoms. The quantitative estimate of drug-likeness (QED) is 0.385. The molecule has 0 saturated carbocycles. The minimum absolute atomic E-state index is 0.456. The van der Waals surface area contributed by atoms with Crippen molar-refractivity contribution in [3.8, 4) is 0 Å². The van der Waals surface area contributed by atoms with Crippen LogP contribution in [0.25, 0.3) is 0 Å². The molecule has 0 aliphatic heterocycles. The molecule has 0 atom stereocenters. The molecule has 0 aliphatic carbocycles. The van der Waals surface area contributed by atoms with Crippen LogP contribution in [0.5, 0.6) is 0 Å². The molecule has 29 heavy (non-hydrogen) atoms. The normalized spacial score (nSPS) is 11.9. The fourth-order valence-corrected chi connectivity index (χ4v) is 8.47. The van der Waals surface area contributed by atoms with E-state index in [-0.39, 0.29) is 0 Å². The first-order chi connectivity index (χ1) is 14.4. The van der Waals surface area contributed by atoms with Gasteiger partial charge in [0.15, 0.2) is 0 Å². The maximum Gasteiger partial charge on any atom is 0.114 e. The smallest absolute Gasteiger partial charge is 0.114 e. The molecule has 4 aromatic rings. The SMILES string of the molecule is c1ccc(C([SiH2][N][SiH2]C(c2ccccc2)c2ccccc2)c2ccccc2)cc1. The number of nitrogens with zero attached hydrogens (tertiary/aromatic N) is 1. The maximum atomic E-state index is 5.36. The summed E-state index contributed by atoms with van der Waals surface area (Å²) in [6, 6.07) is 43.6. The molecule has 0 bridgehead atoms. The molecule has 4 rings (SSSR count). The van der Waals surface area contributed by atoms with Crippen LogP contribution in [0.1, 0.15) is 33.3 Å². The topological polar surface area (TPSA) is 14.1 Å². The Balaban J connectivity index is 1.53. The third-order valence-electron chi connectivity index (χ3n) is 5.43. The van der Waals surface area contributed by atoms with Gasteiger partial charge in [-0.25, -0.2) is 0 Å². The van der Waals surface area contributed by atoms with Crippen molar-refractivity contribution in [2.75, 3.05) is 0 Å². The van der Waals surface area contributed by atoms with E-state index in [2.05, 4.69) is 121 Å². The molecule has 0 heterocycles. The van der Waals surface area contributed by atoms with Crippen LogP contribution in [-0.2, 0) is 0 Å². The second-order valence-corrected chi connectivity index (χ2v) is 11.5. The molecule has 0 unspecified atom stereocenters. The van der Waals surface area contributed by atoms with Crippen molar-refractivity contribution in [1.29, 1.82) is 0 Å². The summed E-state index contributed by atoms with van der Waals surface area (Å²) < 4.78 is 5.36. The monoisotopic (exact) mass is 408 g/mol. The van der Waals surface area contributed by atoms with Crippen LogP contribution in [0, 0.1) is 0 Å². The first-order valence-corrected chi connectivity index (χ1v) is 13.1. The first kappa shape index (κ1) is 19.6. The van der Waals surface area contributed by atoms with E-state index in [9.17, 15) is 0 Å². The number of rotatable bonds is 8. The molecular weight excluding hydrogens is 382 g/mol. The van der Waals surface area contributed by atoms with Crippen LogP contribution < -0.4 is 4.65 Å². The summed E-state index contributed by atoms with van der Waals surface area (Å²) in [5.41, 5.74) is 6.52. The van der Waals surface area contributed by atoms with E-state index in [1.807, 2.05) is 0 Å². The second-order valence-electron chi connectivity index (χ2n) is 7.34. The van der Waals surface area contributed by atoms with Crippen molar-refractivity contribution in [2.45, 2.75) is 11.1 Å². The largest absolute Gasteiger partial charge is 0.306 e. The Hall–Kier alpha value is -2.73. The Morgan fingerprint density at radius 3 is 0.862 bits per heavy atom. The van der Waals surface area contributed by atoms with Gasteiger partial charge < -0.3 is 4.65 Å². The molecular formula is C26H26NSi2. The number of hydrogen-bond acceptors (Lipinski definition) is 0. The van der Waals surface area contributed by atoms with Crippen LogP contribution >= 0.6 is 0 Å². The van der Waals surface area contributed by atoms with Crippen molar-refractivity contribution in [3.63, 3.8) is 0 Å². The molecule has 0 aromatic heterocycles. The van der Waals surface area contributed by atoms with E-state index in [1.165, 1.54) is 22.3 Å². The Morgan fingerprint density at radius 2 is 0.621 bits per heavy atom. The summed E-state index contributed by atoms with van der Waals surface area (Å²) in [4.78, 5) is 0. The second kappa shape index (κ2) is 10.2. The molecule has 3 heteroatoms. The van der Waals surface area contributed by atoms with E-state index >= 15 is 0 Å². The molecule has 1 radical (unpaired) electrons. The average molecular weight is 409 g/mol. The minimum Gasteiger partial charge on any atom is -0.306 e. The Kier molecular flexibility index (Phi) is 6.87. The van der Waals surface area contributed by atoms with Crippen molar-refractivity contribution in [1.82, 2.24) is 4.65 Å². The summed E-state index contributed by atoms with van der Waals surface area (Å²) in [5.74, 6) is 0. The summed E-state index contributed by atoms with van der Waals surface area (Å²) in [6.45, 7) is 0. The minimum atomic E-state index is -0.637. The highest BCUT2D eigenvalue weighted by molar-refractivity contribution is 6.53. The molecule has 0 N–H and O–H groups in total. The van der Waals surface area contributed by atoms with Crippen LogP contribution in [0.4, 0.5) is 0 Å². The number of hydrogen-bond donors (Lipinski definition) is 0. The van der Waals surface area contributed by atoms with E-state index in [4.69, 9.17) is 4.65 Å². The summed E-state index contributed by atoms with van der Waals surface area (Å²) >= 11 is 0. The van der Waals surface area contributed by atoms with Gasteiger partial charge in [-0.3, -0.25) is 0 Å². The van der Waals surface area contributed by atoms with Crippen molar-refractivity contribution >= 4 is 19.4 Å². The lowest BCUT2D eigenvalue weighted by Gasteiger charge is -2.21. The van der Waals surface area contributed by atoms with Gasteiger partial charge in [0.2, 0.25) is 0 Å². The lowest BCUT2D eigenvalue weighted by molar-refractivity contribution is 1.07. The predicted octanol–water partition coefficient (Wildman–Crippen LogP) is 4.34. The highest BCUT2D eigenvalue weighted by atomic mass is 28.3. The summed E-state index contributed by atoms with van der Waals surface area (Å²) in [5, 5.41) is 0. The molecule has 0 aliphatic rings. The molecule has 4 aromatic carbocycles. The number of benzene rings is 4. The van der Waals surface area contributed by atoms with Gasteiger partial charge in [-0.1, -0.05) is 121 Å². The van der Waals surface area contributed by atoms with Crippen LogP contribution in [0.2, 0.25) is 0 Å². The maximum absolute atomic E-state index is 5.36. The first-order valence-electron chi connectivity index (χ1n) is 10.2. The molecule has 143 valence electrons. The lowest BCUT2D eigenvalue weighted by atomic mass is 10.0. The van der Waals surface area contributed by atoms with E-state index < -0.39 is 19.4 Å². The van der Waals surface area contributed by atoms with Crippen LogP contribution in [0.3, 0.4) is 0 Å². The molecule has 0 amide bonds. The zero-order valence-electron chi connectivity index (χ0n) is 16.6. The van der Waals surface area contributed by atoms with Gasteiger partial charge in [0.05, 0.1) is 0 Å². The van der Waals surface area contributed by atoms with Gasteiger partial charge in [-0.2, -0.15) is 0 Å². The zero-order chi connectivity index (χ0) is 19.7. The molecule has 0 fully saturated rings. The van der Waals surface area contributed by atoms with Gasteiger partial charge in [0, 0.05) is 11.1 Å². The summed E-state index contributed by atoms with van der Waals surface area (Å²) in [7, 11) is -1.27.